The van der Waals surface area contributed by atoms with Crippen LogP contribution in [0.2, 0.25) is 0 Å². The Morgan fingerprint density at radius 2 is 2.12 bits per heavy atom. The van der Waals surface area contributed by atoms with E-state index in [1.165, 1.54) is 6.07 Å². The summed E-state index contributed by atoms with van der Waals surface area (Å²) in [6.45, 7) is 0.460. The van der Waals surface area contributed by atoms with E-state index in [4.69, 9.17) is 11.6 Å². The van der Waals surface area contributed by atoms with E-state index < -0.39 is 0 Å². The molecule has 2 nitrogen and oxygen atoms in total. The van der Waals surface area contributed by atoms with E-state index in [1.54, 1.807) is 18.2 Å². The van der Waals surface area contributed by atoms with Crippen LogP contribution >= 0.6 is 11.6 Å². The average molecular weight is 244 g/mol. The van der Waals surface area contributed by atoms with Gasteiger partial charge in [0.2, 0.25) is 5.91 Å². The maximum atomic E-state index is 13.2. The van der Waals surface area contributed by atoms with Crippen LogP contribution in [0.3, 0.4) is 0 Å². The van der Waals surface area contributed by atoms with Crippen LogP contribution in [0.1, 0.15) is 18.4 Å². The quantitative estimate of drug-likeness (QED) is 0.765. The molecule has 0 bridgehead atoms. The maximum absolute atomic E-state index is 13.2. The smallest absolute Gasteiger partial charge is 0.220 e. The first-order valence-corrected chi connectivity index (χ1v) is 5.83. The molecule has 0 aromatic heterocycles. The lowest BCUT2D eigenvalue weighted by Crippen LogP contribution is -2.25. The molecule has 1 aromatic carbocycles. The summed E-state index contributed by atoms with van der Waals surface area (Å²) >= 11 is 5.47. The van der Waals surface area contributed by atoms with Crippen molar-refractivity contribution in [3.63, 3.8) is 0 Å². The van der Waals surface area contributed by atoms with E-state index in [-0.39, 0.29) is 11.7 Å². The molecule has 4 heteroatoms. The molecule has 1 N–H and O–H groups in total. The van der Waals surface area contributed by atoms with Crippen molar-refractivity contribution in [3.05, 3.63) is 35.6 Å². The first kappa shape index (κ1) is 13.0. The van der Waals surface area contributed by atoms with Gasteiger partial charge in [0.25, 0.3) is 0 Å². The van der Waals surface area contributed by atoms with E-state index >= 15 is 0 Å². The van der Waals surface area contributed by atoms with Crippen LogP contribution in [-0.2, 0) is 11.2 Å². The van der Waals surface area contributed by atoms with Crippen molar-refractivity contribution in [2.24, 2.45) is 0 Å². The molecule has 0 aliphatic rings. The molecule has 0 spiro atoms. The summed E-state index contributed by atoms with van der Waals surface area (Å²) < 4.78 is 13.2. The van der Waals surface area contributed by atoms with Crippen molar-refractivity contribution in [1.82, 2.24) is 5.32 Å². The van der Waals surface area contributed by atoms with Gasteiger partial charge in [0.15, 0.2) is 0 Å². The van der Waals surface area contributed by atoms with Crippen LogP contribution in [0.5, 0.6) is 0 Å². The largest absolute Gasteiger partial charge is 0.356 e. The molecule has 0 saturated heterocycles. The second-order valence-electron chi connectivity index (χ2n) is 3.48. The Kier molecular flexibility index (Phi) is 5.86. The Balaban J connectivity index is 2.25. The molecule has 88 valence electrons. The fraction of sp³-hybridized carbons (Fsp3) is 0.417. The van der Waals surface area contributed by atoms with Crippen LogP contribution in [0.15, 0.2) is 24.3 Å². The molecule has 0 saturated carbocycles. The Morgan fingerprint density at radius 1 is 1.38 bits per heavy atom. The van der Waals surface area contributed by atoms with Crippen LogP contribution in [0, 0.1) is 5.82 Å². The predicted molar refractivity (Wildman–Crippen MR) is 63.1 cm³/mol. The standard InChI is InChI=1S/C12H15ClFNO/c13-8-3-6-12(16)15-9-7-10-4-1-2-5-11(10)14/h1-2,4-5H,3,6-9H2,(H,15,16). The molecule has 0 aliphatic carbocycles. The van der Waals surface area contributed by atoms with Crippen molar-refractivity contribution < 1.29 is 9.18 Å². The third kappa shape index (κ3) is 4.62. The van der Waals surface area contributed by atoms with Gasteiger partial charge in [0, 0.05) is 18.8 Å². The van der Waals surface area contributed by atoms with Crippen molar-refractivity contribution in [1.29, 1.82) is 0 Å². The number of nitrogens with one attached hydrogen (secondary N) is 1. The number of hydrogen-bond donors (Lipinski definition) is 1. The number of alkyl halides is 1. The summed E-state index contributed by atoms with van der Waals surface area (Å²) in [6.07, 6.45) is 1.62. The number of halogens is 2. The molecular formula is C12H15ClFNO. The highest BCUT2D eigenvalue weighted by Crippen LogP contribution is 2.06. The van der Waals surface area contributed by atoms with Crippen LogP contribution < -0.4 is 5.32 Å². The van der Waals surface area contributed by atoms with Crippen molar-refractivity contribution in [2.45, 2.75) is 19.3 Å². The van der Waals surface area contributed by atoms with E-state index in [0.717, 1.165) is 0 Å². The normalized spacial score (nSPS) is 10.1. The molecule has 1 aromatic rings. The molecule has 1 rings (SSSR count). The zero-order valence-electron chi connectivity index (χ0n) is 9.01. The van der Waals surface area contributed by atoms with Gasteiger partial charge < -0.3 is 5.32 Å². The summed E-state index contributed by atoms with van der Waals surface area (Å²) in [5.41, 5.74) is 0.625. The third-order valence-corrected chi connectivity index (χ3v) is 2.48. The zero-order valence-corrected chi connectivity index (χ0v) is 9.77. The highest BCUT2D eigenvalue weighted by atomic mass is 35.5. The van der Waals surface area contributed by atoms with E-state index in [9.17, 15) is 9.18 Å². The van der Waals surface area contributed by atoms with Gasteiger partial charge in [-0.2, -0.15) is 0 Å². The van der Waals surface area contributed by atoms with Gasteiger partial charge in [0.1, 0.15) is 5.82 Å². The van der Waals surface area contributed by atoms with Gasteiger partial charge in [-0.25, -0.2) is 4.39 Å². The van der Waals surface area contributed by atoms with Gasteiger partial charge in [-0.1, -0.05) is 18.2 Å². The zero-order chi connectivity index (χ0) is 11.8. The maximum Gasteiger partial charge on any atom is 0.220 e. The first-order chi connectivity index (χ1) is 7.74. The number of hydrogen-bond acceptors (Lipinski definition) is 1. The Bertz CT molecular complexity index is 344. The molecule has 0 radical (unpaired) electrons. The third-order valence-electron chi connectivity index (χ3n) is 2.21. The molecule has 0 atom stereocenters. The summed E-state index contributed by atoms with van der Waals surface area (Å²) in [4.78, 5) is 11.2. The number of benzene rings is 1. The molecule has 0 aliphatic heterocycles. The monoisotopic (exact) mass is 243 g/mol. The first-order valence-electron chi connectivity index (χ1n) is 5.30. The minimum atomic E-state index is -0.225. The lowest BCUT2D eigenvalue weighted by molar-refractivity contribution is -0.121. The van der Waals surface area contributed by atoms with Crippen LogP contribution in [0.4, 0.5) is 4.39 Å². The van der Waals surface area contributed by atoms with E-state index in [1.807, 2.05) is 0 Å². The minimum Gasteiger partial charge on any atom is -0.356 e. The van der Waals surface area contributed by atoms with E-state index in [2.05, 4.69) is 5.32 Å². The molecule has 0 heterocycles. The summed E-state index contributed by atoms with van der Waals surface area (Å²) in [5.74, 6) is 0.232. The fourth-order valence-electron chi connectivity index (χ4n) is 1.35. The minimum absolute atomic E-state index is 0.0306. The second kappa shape index (κ2) is 7.23. The predicted octanol–water partition coefficient (Wildman–Crippen LogP) is 2.50. The highest BCUT2D eigenvalue weighted by Gasteiger charge is 2.02. The molecule has 0 unspecified atom stereocenters. The van der Waals surface area contributed by atoms with E-state index in [0.29, 0.717) is 37.3 Å². The van der Waals surface area contributed by atoms with Gasteiger partial charge >= 0.3 is 0 Å². The number of carbonyl (C=O) groups excluding carboxylic acids is 1. The number of carbonyl (C=O) groups is 1. The van der Waals surface area contributed by atoms with Crippen LogP contribution in [-0.4, -0.2) is 18.3 Å². The van der Waals surface area contributed by atoms with Gasteiger partial charge in [-0.15, -0.1) is 11.6 Å². The SMILES string of the molecule is O=C(CCCCl)NCCc1ccccc1F. The van der Waals surface area contributed by atoms with Gasteiger partial charge in [-0.3, -0.25) is 4.79 Å². The molecule has 0 fully saturated rings. The van der Waals surface area contributed by atoms with Gasteiger partial charge in [0.05, 0.1) is 0 Å². The Morgan fingerprint density at radius 3 is 2.81 bits per heavy atom. The number of amides is 1. The molecular weight excluding hydrogens is 229 g/mol. The molecule has 1 amide bonds. The fourth-order valence-corrected chi connectivity index (χ4v) is 1.49. The lowest BCUT2D eigenvalue weighted by atomic mass is 10.1. The van der Waals surface area contributed by atoms with Crippen molar-refractivity contribution >= 4 is 17.5 Å². The van der Waals surface area contributed by atoms with Gasteiger partial charge in [-0.05, 0) is 24.5 Å². The average Bonchev–Trinajstić information content (AvgIpc) is 2.29. The summed E-state index contributed by atoms with van der Waals surface area (Å²) in [6, 6.07) is 6.58. The lowest BCUT2D eigenvalue weighted by Gasteiger charge is -2.05. The summed E-state index contributed by atoms with van der Waals surface area (Å²) in [5, 5.41) is 2.73. The highest BCUT2D eigenvalue weighted by molar-refractivity contribution is 6.17. The van der Waals surface area contributed by atoms with Crippen LogP contribution in [0.25, 0.3) is 0 Å². The van der Waals surface area contributed by atoms with Crippen molar-refractivity contribution in [2.75, 3.05) is 12.4 Å². The Hall–Kier alpha value is -1.09. The molecule has 16 heavy (non-hydrogen) atoms. The topological polar surface area (TPSA) is 29.1 Å². The summed E-state index contributed by atoms with van der Waals surface area (Å²) in [7, 11) is 0. The second-order valence-corrected chi connectivity index (χ2v) is 3.86. The van der Waals surface area contributed by atoms with Crippen molar-refractivity contribution in [3.8, 4) is 0 Å². The Labute approximate surface area is 99.8 Å². The number of rotatable bonds is 6.